The summed E-state index contributed by atoms with van der Waals surface area (Å²) in [4.78, 5) is 45.1. The summed E-state index contributed by atoms with van der Waals surface area (Å²) in [5.41, 5.74) is 4.48. The zero-order chi connectivity index (χ0) is 27.0. The number of rotatable bonds is 3. The van der Waals surface area contributed by atoms with Crippen LogP contribution in [-0.2, 0) is 20.8 Å². The highest BCUT2D eigenvalue weighted by Gasteiger charge is 2.64. The van der Waals surface area contributed by atoms with Crippen molar-refractivity contribution in [3.8, 4) is 17.0 Å². The van der Waals surface area contributed by atoms with Crippen molar-refractivity contribution in [2.45, 2.75) is 31.4 Å². The maximum atomic E-state index is 13.9. The van der Waals surface area contributed by atoms with Crippen LogP contribution in [0, 0.1) is 18.8 Å². The molecule has 0 radical (unpaired) electrons. The molecule has 1 fully saturated rings. The lowest BCUT2D eigenvalue weighted by atomic mass is 9.57. The molecule has 0 unspecified atom stereocenters. The molecule has 1 amide bonds. The summed E-state index contributed by atoms with van der Waals surface area (Å²) in [7, 11) is 3.13. The second kappa shape index (κ2) is 8.25. The zero-order valence-electron chi connectivity index (χ0n) is 20.5. The van der Waals surface area contributed by atoms with Gasteiger partial charge in [0.2, 0.25) is 5.78 Å². The van der Waals surface area contributed by atoms with Crippen LogP contribution in [0.25, 0.3) is 17.0 Å². The molecule has 5 rings (SSSR count). The first-order chi connectivity index (χ1) is 17.4. The van der Waals surface area contributed by atoms with Gasteiger partial charge in [-0.05, 0) is 69.1 Å². The molecule has 3 aliphatic carbocycles. The van der Waals surface area contributed by atoms with Gasteiger partial charge in [-0.1, -0.05) is 6.07 Å². The molecule has 37 heavy (non-hydrogen) atoms. The van der Waals surface area contributed by atoms with Crippen molar-refractivity contribution < 1.29 is 34.8 Å². The molecule has 10 heteroatoms. The first kappa shape index (κ1) is 24.7. The van der Waals surface area contributed by atoms with Gasteiger partial charge in [0.15, 0.2) is 11.4 Å². The number of aryl methyl sites for hydroxylation is 1. The summed E-state index contributed by atoms with van der Waals surface area (Å²) >= 11 is 0. The van der Waals surface area contributed by atoms with Gasteiger partial charge in [-0.3, -0.25) is 24.3 Å². The van der Waals surface area contributed by atoms with E-state index in [1.165, 1.54) is 11.0 Å². The predicted octanol–water partition coefficient (Wildman–Crippen LogP) is 1.33. The molecule has 0 saturated heterocycles. The minimum atomic E-state index is -2.66. The smallest absolute Gasteiger partial charge is 0.255 e. The van der Waals surface area contributed by atoms with Crippen LogP contribution in [0.4, 0.5) is 0 Å². The lowest BCUT2D eigenvalue weighted by Crippen LogP contribution is -2.65. The van der Waals surface area contributed by atoms with E-state index in [1.54, 1.807) is 32.4 Å². The number of phenolic OH excluding ortho intramolecular Hbond substituents is 1. The van der Waals surface area contributed by atoms with Crippen LogP contribution >= 0.6 is 0 Å². The number of fused-ring (bicyclic) bond motifs is 3. The molecule has 10 nitrogen and oxygen atoms in total. The maximum absolute atomic E-state index is 13.9. The first-order valence-corrected chi connectivity index (χ1v) is 11.8. The number of amides is 1. The fourth-order valence-corrected chi connectivity index (χ4v) is 6.23. The van der Waals surface area contributed by atoms with Gasteiger partial charge in [0.05, 0.1) is 17.3 Å². The van der Waals surface area contributed by atoms with E-state index in [-0.39, 0.29) is 29.7 Å². The number of aromatic nitrogens is 1. The van der Waals surface area contributed by atoms with E-state index < -0.39 is 58.0 Å². The highest BCUT2D eigenvalue weighted by molar-refractivity contribution is 6.24. The average Bonchev–Trinajstić information content (AvgIpc) is 2.82. The molecule has 2 aromatic rings. The number of Topliss-reactive ketones (excluding diaryl/α,β-unsaturated/α-hetero) is 2. The number of pyridine rings is 1. The maximum Gasteiger partial charge on any atom is 0.255 e. The topological polar surface area (TPSA) is 174 Å². The molecule has 1 saturated carbocycles. The molecule has 6 N–H and O–H groups in total. The molecule has 4 atom stereocenters. The SMILES string of the molecule is Cc1cccnc1-c1ccc(O)c2c1C[C@@H]1C[C@H]3[C@H](N(C)C)C(=O)C(C(N)=O)=C(O)[C@@]3(O)C(=O)C1=C2O. The predicted molar refractivity (Wildman–Crippen MR) is 132 cm³/mol. The number of nitrogens with zero attached hydrogens (tertiary/aromatic N) is 2. The molecule has 192 valence electrons. The van der Waals surface area contributed by atoms with E-state index in [2.05, 4.69) is 4.98 Å². The largest absolute Gasteiger partial charge is 0.508 e. The number of benzene rings is 1. The minimum absolute atomic E-state index is 0.0298. The number of aromatic hydroxyl groups is 1. The molecule has 0 aliphatic heterocycles. The molecule has 1 aromatic heterocycles. The van der Waals surface area contributed by atoms with E-state index in [4.69, 9.17) is 5.73 Å². The van der Waals surface area contributed by atoms with E-state index in [0.717, 1.165) is 5.56 Å². The Hall–Kier alpha value is -4.02. The molecule has 0 bridgehead atoms. The summed E-state index contributed by atoms with van der Waals surface area (Å²) in [6.07, 6.45) is 1.87. The normalized spacial score (nSPS) is 27.2. The Bertz CT molecular complexity index is 1460. The first-order valence-electron chi connectivity index (χ1n) is 11.8. The third kappa shape index (κ3) is 3.25. The third-order valence-corrected chi connectivity index (χ3v) is 7.87. The van der Waals surface area contributed by atoms with Gasteiger partial charge in [0, 0.05) is 23.3 Å². The number of aliphatic hydroxyl groups excluding tert-OH is 2. The van der Waals surface area contributed by atoms with Gasteiger partial charge in [0.1, 0.15) is 22.8 Å². The molecule has 1 aromatic carbocycles. The number of primary amides is 1. The van der Waals surface area contributed by atoms with Crippen LogP contribution in [-0.4, -0.2) is 73.5 Å². The van der Waals surface area contributed by atoms with Crippen LogP contribution in [0.15, 0.2) is 47.4 Å². The van der Waals surface area contributed by atoms with Crippen LogP contribution in [0.5, 0.6) is 5.75 Å². The standard InChI is InChI=1S/C27H27N3O7/c1-11-5-4-8-29-20(11)13-6-7-16(31)18-14(13)9-12-10-15-21(30(2)3)23(33)19(26(28)36)25(35)27(15,37)24(34)17(12)22(18)32/h4-8,12,15,21,31-32,35,37H,9-10H2,1-3H3,(H2,28,36)/t12-,15+,21+,27+/m1/s1. The second-order valence-electron chi connectivity index (χ2n) is 10.1. The number of ketones is 2. The van der Waals surface area contributed by atoms with Gasteiger partial charge >= 0.3 is 0 Å². The highest BCUT2D eigenvalue weighted by atomic mass is 16.3. The highest BCUT2D eigenvalue weighted by Crippen LogP contribution is 2.53. The van der Waals surface area contributed by atoms with Gasteiger partial charge < -0.3 is 26.2 Å². The average molecular weight is 506 g/mol. The van der Waals surface area contributed by atoms with Crippen molar-refractivity contribution in [2.75, 3.05) is 14.1 Å². The van der Waals surface area contributed by atoms with Crippen LogP contribution in [0.3, 0.4) is 0 Å². The van der Waals surface area contributed by atoms with Crippen molar-refractivity contribution in [3.05, 3.63) is 64.1 Å². The monoisotopic (exact) mass is 505 g/mol. The summed E-state index contributed by atoms with van der Waals surface area (Å²) in [6, 6.07) is 5.65. The van der Waals surface area contributed by atoms with Crippen molar-refractivity contribution in [2.24, 2.45) is 17.6 Å². The Morgan fingerprint density at radius 3 is 2.49 bits per heavy atom. The van der Waals surface area contributed by atoms with Gasteiger partial charge in [0.25, 0.3) is 5.91 Å². The number of nitrogens with two attached hydrogens (primary N) is 1. The van der Waals surface area contributed by atoms with Crippen molar-refractivity contribution >= 4 is 23.2 Å². The lowest BCUT2D eigenvalue weighted by Gasteiger charge is -2.50. The number of likely N-dealkylation sites (N-methyl/N-ethyl adjacent to an activating group) is 1. The van der Waals surface area contributed by atoms with Crippen LogP contribution in [0.2, 0.25) is 0 Å². The van der Waals surface area contributed by atoms with Gasteiger partial charge in [-0.15, -0.1) is 0 Å². The number of hydrogen-bond acceptors (Lipinski definition) is 9. The minimum Gasteiger partial charge on any atom is -0.508 e. The van der Waals surface area contributed by atoms with E-state index in [0.29, 0.717) is 16.8 Å². The number of hydrogen-bond donors (Lipinski definition) is 5. The number of aliphatic hydroxyl groups is 3. The van der Waals surface area contributed by atoms with Gasteiger partial charge in [-0.2, -0.15) is 0 Å². The van der Waals surface area contributed by atoms with Crippen LogP contribution in [0.1, 0.15) is 23.1 Å². The second-order valence-corrected chi connectivity index (χ2v) is 10.1. The fraction of sp³-hybridized carbons (Fsp3) is 0.333. The van der Waals surface area contributed by atoms with Gasteiger partial charge in [-0.25, -0.2) is 0 Å². The lowest BCUT2D eigenvalue weighted by molar-refractivity contribution is -0.153. The Balaban J connectivity index is 1.76. The Morgan fingerprint density at radius 2 is 1.86 bits per heavy atom. The van der Waals surface area contributed by atoms with E-state index in [1.807, 2.05) is 13.0 Å². The number of carbonyl (C=O) groups excluding carboxylic acids is 3. The van der Waals surface area contributed by atoms with Crippen molar-refractivity contribution in [1.29, 1.82) is 0 Å². The summed E-state index contributed by atoms with van der Waals surface area (Å²) in [5, 5.41) is 44.6. The Kier molecular flexibility index (Phi) is 5.50. The summed E-state index contributed by atoms with van der Waals surface area (Å²) in [5.74, 6) is -6.75. The fourth-order valence-electron chi connectivity index (χ4n) is 6.23. The number of carbonyl (C=O) groups is 3. The third-order valence-electron chi connectivity index (χ3n) is 7.87. The Labute approximate surface area is 212 Å². The zero-order valence-corrected chi connectivity index (χ0v) is 20.5. The van der Waals surface area contributed by atoms with E-state index >= 15 is 0 Å². The number of phenols is 1. The van der Waals surface area contributed by atoms with Crippen molar-refractivity contribution in [3.63, 3.8) is 0 Å². The van der Waals surface area contributed by atoms with E-state index in [9.17, 15) is 34.8 Å². The molecular formula is C27H27N3O7. The quantitative estimate of drug-likeness (QED) is 0.386. The summed E-state index contributed by atoms with van der Waals surface area (Å²) in [6.45, 7) is 1.89. The molecule has 3 aliphatic rings. The van der Waals surface area contributed by atoms with Crippen molar-refractivity contribution in [1.82, 2.24) is 9.88 Å². The molecule has 1 heterocycles. The molecule has 0 spiro atoms. The molecular weight excluding hydrogens is 478 g/mol. The summed E-state index contributed by atoms with van der Waals surface area (Å²) < 4.78 is 0. The Morgan fingerprint density at radius 1 is 1.16 bits per heavy atom. The van der Waals surface area contributed by atoms with Crippen LogP contribution < -0.4 is 5.73 Å².